The average Bonchev–Trinajstić information content (AvgIpc) is 2.69. The molecule has 3 aromatic rings. The van der Waals surface area contributed by atoms with Crippen LogP contribution in [-0.4, -0.2) is 25.7 Å². The first-order valence-corrected chi connectivity index (χ1v) is 10.3. The number of carbonyl (C=O) groups excluding carboxylic acids is 1. The van der Waals surface area contributed by atoms with Gasteiger partial charge in [0, 0.05) is 24.8 Å². The molecule has 0 aliphatic heterocycles. The van der Waals surface area contributed by atoms with Crippen LogP contribution < -0.4 is 5.32 Å². The van der Waals surface area contributed by atoms with Crippen LogP contribution in [0, 0.1) is 6.92 Å². The summed E-state index contributed by atoms with van der Waals surface area (Å²) in [6.45, 7) is 2.22. The molecule has 0 aliphatic carbocycles. The van der Waals surface area contributed by atoms with E-state index in [0.29, 0.717) is 11.3 Å². The number of amides is 1. The zero-order chi connectivity index (χ0) is 20.1. The minimum Gasteiger partial charge on any atom is -0.322 e. The number of hydrogen-bond donors (Lipinski definition) is 1. The van der Waals surface area contributed by atoms with E-state index < -0.39 is 10.0 Å². The summed E-state index contributed by atoms with van der Waals surface area (Å²) in [5, 5.41) is 2.81. The molecule has 5 nitrogen and oxygen atoms in total. The molecule has 0 saturated heterocycles. The fraction of sp³-hybridized carbons (Fsp3) is 0.136. The van der Waals surface area contributed by atoms with Crippen molar-refractivity contribution in [3.05, 3.63) is 95.6 Å². The van der Waals surface area contributed by atoms with Crippen molar-refractivity contribution in [3.63, 3.8) is 0 Å². The number of sulfonamides is 1. The molecule has 0 aromatic heterocycles. The molecule has 28 heavy (non-hydrogen) atoms. The Morgan fingerprint density at radius 1 is 0.929 bits per heavy atom. The molecule has 0 saturated carbocycles. The molecule has 6 heteroatoms. The maximum absolute atomic E-state index is 12.8. The molecule has 0 bridgehead atoms. The van der Waals surface area contributed by atoms with Crippen LogP contribution >= 0.6 is 0 Å². The van der Waals surface area contributed by atoms with E-state index in [9.17, 15) is 13.2 Å². The summed E-state index contributed by atoms with van der Waals surface area (Å²) in [7, 11) is -2.10. The van der Waals surface area contributed by atoms with E-state index in [-0.39, 0.29) is 17.3 Å². The van der Waals surface area contributed by atoms with Gasteiger partial charge < -0.3 is 5.32 Å². The van der Waals surface area contributed by atoms with E-state index in [2.05, 4.69) is 5.32 Å². The highest BCUT2D eigenvalue weighted by Gasteiger charge is 2.21. The summed E-state index contributed by atoms with van der Waals surface area (Å²) in [5.41, 5.74) is 3.04. The third kappa shape index (κ3) is 4.65. The number of carbonyl (C=O) groups is 1. The Hall–Kier alpha value is -2.96. The van der Waals surface area contributed by atoms with Crippen LogP contribution in [0.3, 0.4) is 0 Å². The summed E-state index contributed by atoms with van der Waals surface area (Å²) < 4.78 is 26.8. The summed E-state index contributed by atoms with van der Waals surface area (Å²) in [5.74, 6) is -0.285. The van der Waals surface area contributed by atoms with Gasteiger partial charge in [0.25, 0.3) is 5.91 Å². The number of anilines is 1. The highest BCUT2D eigenvalue weighted by atomic mass is 32.2. The van der Waals surface area contributed by atoms with Crippen LogP contribution in [0.1, 0.15) is 21.5 Å². The molecular formula is C22H22N2O3S. The highest BCUT2D eigenvalue weighted by molar-refractivity contribution is 7.89. The smallest absolute Gasteiger partial charge is 0.255 e. The fourth-order valence-corrected chi connectivity index (χ4v) is 3.97. The Morgan fingerprint density at radius 3 is 2.25 bits per heavy atom. The predicted octanol–water partition coefficient (Wildman–Crippen LogP) is 4.07. The Morgan fingerprint density at radius 2 is 1.61 bits per heavy atom. The second-order valence-electron chi connectivity index (χ2n) is 6.59. The van der Waals surface area contributed by atoms with Crippen molar-refractivity contribution >= 4 is 21.6 Å². The van der Waals surface area contributed by atoms with E-state index in [1.807, 2.05) is 61.5 Å². The standard InChI is InChI=1S/C22H22N2O3S/c1-17-7-6-10-20(15-17)23-22(25)19-11-13-21(14-12-19)28(26,27)24(2)16-18-8-4-3-5-9-18/h3-15H,16H2,1-2H3,(H,23,25). The molecule has 3 aromatic carbocycles. The number of aryl methyl sites for hydroxylation is 1. The number of hydrogen-bond acceptors (Lipinski definition) is 3. The summed E-state index contributed by atoms with van der Waals surface area (Å²) in [6, 6.07) is 22.8. The van der Waals surface area contributed by atoms with Crippen molar-refractivity contribution in [2.24, 2.45) is 0 Å². The zero-order valence-electron chi connectivity index (χ0n) is 15.8. The van der Waals surface area contributed by atoms with E-state index >= 15 is 0 Å². The van der Waals surface area contributed by atoms with Crippen LogP contribution in [0.5, 0.6) is 0 Å². The quantitative estimate of drug-likeness (QED) is 0.685. The molecule has 3 rings (SSSR count). The summed E-state index contributed by atoms with van der Waals surface area (Å²) in [4.78, 5) is 12.5. The molecule has 0 spiro atoms. The van der Waals surface area contributed by atoms with Gasteiger partial charge in [-0.05, 0) is 54.4 Å². The van der Waals surface area contributed by atoms with Crippen molar-refractivity contribution in [2.75, 3.05) is 12.4 Å². The van der Waals surface area contributed by atoms with Crippen LogP contribution in [0.25, 0.3) is 0 Å². The molecule has 1 N–H and O–H groups in total. The monoisotopic (exact) mass is 394 g/mol. The molecular weight excluding hydrogens is 372 g/mol. The maximum Gasteiger partial charge on any atom is 0.255 e. The lowest BCUT2D eigenvalue weighted by atomic mass is 10.2. The Bertz CT molecular complexity index is 1060. The lowest BCUT2D eigenvalue weighted by Crippen LogP contribution is -2.26. The zero-order valence-corrected chi connectivity index (χ0v) is 16.6. The van der Waals surface area contributed by atoms with Crippen molar-refractivity contribution in [1.29, 1.82) is 0 Å². The second-order valence-corrected chi connectivity index (χ2v) is 8.64. The third-order valence-electron chi connectivity index (χ3n) is 4.35. The number of nitrogens with zero attached hydrogens (tertiary/aromatic N) is 1. The number of nitrogens with one attached hydrogen (secondary N) is 1. The third-order valence-corrected chi connectivity index (χ3v) is 6.17. The molecule has 0 fully saturated rings. The molecule has 144 valence electrons. The average molecular weight is 394 g/mol. The van der Waals surface area contributed by atoms with Crippen LogP contribution in [0.15, 0.2) is 83.8 Å². The number of rotatable bonds is 6. The van der Waals surface area contributed by atoms with E-state index in [1.54, 1.807) is 7.05 Å². The van der Waals surface area contributed by atoms with Crippen LogP contribution in [0.4, 0.5) is 5.69 Å². The van der Waals surface area contributed by atoms with Gasteiger partial charge in [-0.3, -0.25) is 4.79 Å². The van der Waals surface area contributed by atoms with Gasteiger partial charge in [0.2, 0.25) is 10.0 Å². The van der Waals surface area contributed by atoms with Crippen molar-refractivity contribution in [1.82, 2.24) is 4.31 Å². The highest BCUT2D eigenvalue weighted by Crippen LogP contribution is 2.18. The largest absolute Gasteiger partial charge is 0.322 e. The molecule has 0 heterocycles. The van der Waals surface area contributed by atoms with Crippen molar-refractivity contribution < 1.29 is 13.2 Å². The molecule has 0 unspecified atom stereocenters. The summed E-state index contributed by atoms with van der Waals surface area (Å²) in [6.07, 6.45) is 0. The summed E-state index contributed by atoms with van der Waals surface area (Å²) >= 11 is 0. The van der Waals surface area contributed by atoms with Gasteiger partial charge in [-0.1, -0.05) is 42.5 Å². The Kier molecular flexibility index (Phi) is 5.92. The van der Waals surface area contributed by atoms with Gasteiger partial charge in [0.15, 0.2) is 0 Å². The van der Waals surface area contributed by atoms with Gasteiger partial charge >= 0.3 is 0 Å². The molecule has 0 radical (unpaired) electrons. The first-order chi connectivity index (χ1) is 13.4. The lowest BCUT2D eigenvalue weighted by Gasteiger charge is -2.17. The SMILES string of the molecule is Cc1cccc(NC(=O)c2ccc(S(=O)(=O)N(C)Cc3ccccc3)cc2)c1. The van der Waals surface area contributed by atoms with Gasteiger partial charge in [0.1, 0.15) is 0 Å². The first-order valence-electron chi connectivity index (χ1n) is 8.84. The molecule has 0 aliphatic rings. The van der Waals surface area contributed by atoms with Gasteiger partial charge in [-0.25, -0.2) is 8.42 Å². The minimum atomic E-state index is -3.64. The molecule has 0 atom stereocenters. The van der Waals surface area contributed by atoms with Crippen LogP contribution in [-0.2, 0) is 16.6 Å². The second kappa shape index (κ2) is 8.37. The number of benzene rings is 3. The minimum absolute atomic E-state index is 0.151. The maximum atomic E-state index is 12.8. The van der Waals surface area contributed by atoms with Gasteiger partial charge in [-0.15, -0.1) is 0 Å². The van der Waals surface area contributed by atoms with Gasteiger partial charge in [-0.2, -0.15) is 4.31 Å². The lowest BCUT2D eigenvalue weighted by molar-refractivity contribution is 0.102. The van der Waals surface area contributed by atoms with E-state index in [4.69, 9.17) is 0 Å². The normalized spacial score (nSPS) is 11.4. The van der Waals surface area contributed by atoms with Crippen molar-refractivity contribution in [2.45, 2.75) is 18.4 Å². The van der Waals surface area contributed by atoms with E-state index in [0.717, 1.165) is 11.1 Å². The van der Waals surface area contributed by atoms with Crippen LogP contribution in [0.2, 0.25) is 0 Å². The molecule has 1 amide bonds. The van der Waals surface area contributed by atoms with Gasteiger partial charge in [0.05, 0.1) is 4.90 Å². The Labute approximate surface area is 165 Å². The first kappa shape index (κ1) is 19.8. The van der Waals surface area contributed by atoms with Crippen molar-refractivity contribution in [3.8, 4) is 0 Å². The predicted molar refractivity (Wildman–Crippen MR) is 111 cm³/mol. The Balaban J connectivity index is 1.72. The topological polar surface area (TPSA) is 66.5 Å². The van der Waals surface area contributed by atoms with E-state index in [1.165, 1.54) is 28.6 Å². The fourth-order valence-electron chi connectivity index (χ4n) is 2.81.